The van der Waals surface area contributed by atoms with Crippen LogP contribution in [0.1, 0.15) is 10.4 Å². The number of aliphatic hydroxyl groups is 1. The van der Waals surface area contributed by atoms with Crippen LogP contribution >= 0.6 is 0 Å². The lowest BCUT2D eigenvalue weighted by atomic mass is 10.1. The van der Waals surface area contributed by atoms with E-state index in [9.17, 15) is 27.5 Å². The number of methoxy groups -OCH3 is 1. The number of amides is 1. The molecular formula is C17H16F4N2O4. The fraction of sp³-hybridized carbons (Fsp3) is 0.235. The second kappa shape index (κ2) is 9.31. The summed E-state index contributed by atoms with van der Waals surface area (Å²) in [5.41, 5.74) is 0.507. The fourth-order valence-electron chi connectivity index (χ4n) is 2.09. The van der Waals surface area contributed by atoms with Crippen LogP contribution in [0.2, 0.25) is 0 Å². The van der Waals surface area contributed by atoms with Gasteiger partial charge >= 0.3 is 0 Å². The van der Waals surface area contributed by atoms with Crippen LogP contribution in [0.5, 0.6) is 0 Å². The standard InChI is InChI=1S/C17H16F4N2O4/c1-26-7-10(24)8-27-23-17(25)11-3-4-12(19)15(21)16(11)22-14-5-2-9(18)6-13(14)20/h2-6,10,22,24H,7-8H2,1H3,(H,23,25). The number of carbonyl (C=O) groups is 1. The van der Waals surface area contributed by atoms with Gasteiger partial charge in [0.05, 0.1) is 23.5 Å². The smallest absolute Gasteiger partial charge is 0.277 e. The van der Waals surface area contributed by atoms with Crippen molar-refractivity contribution in [3.05, 3.63) is 59.2 Å². The van der Waals surface area contributed by atoms with Crippen LogP contribution < -0.4 is 10.8 Å². The van der Waals surface area contributed by atoms with Gasteiger partial charge in [-0.2, -0.15) is 0 Å². The molecule has 0 bridgehead atoms. The topological polar surface area (TPSA) is 79.8 Å². The van der Waals surface area contributed by atoms with Gasteiger partial charge in [-0.15, -0.1) is 0 Å². The summed E-state index contributed by atoms with van der Waals surface area (Å²) in [5, 5.41) is 11.7. The highest BCUT2D eigenvalue weighted by atomic mass is 19.2. The van der Waals surface area contributed by atoms with Gasteiger partial charge < -0.3 is 15.2 Å². The maximum Gasteiger partial charge on any atom is 0.277 e. The number of aliphatic hydroxyl groups excluding tert-OH is 1. The lowest BCUT2D eigenvalue weighted by Gasteiger charge is -2.15. The number of hydrogen-bond acceptors (Lipinski definition) is 5. The Bertz CT molecular complexity index is 820. The van der Waals surface area contributed by atoms with E-state index in [1.54, 1.807) is 0 Å². The van der Waals surface area contributed by atoms with E-state index in [1.165, 1.54) is 7.11 Å². The Morgan fingerprint density at radius 1 is 1.11 bits per heavy atom. The molecule has 2 aromatic carbocycles. The van der Waals surface area contributed by atoms with Crippen LogP contribution in [0.4, 0.5) is 28.9 Å². The lowest BCUT2D eigenvalue weighted by Crippen LogP contribution is -2.30. The van der Waals surface area contributed by atoms with E-state index < -0.39 is 46.5 Å². The van der Waals surface area contributed by atoms with Crippen LogP contribution in [-0.2, 0) is 9.57 Å². The molecule has 27 heavy (non-hydrogen) atoms. The molecule has 1 unspecified atom stereocenters. The molecule has 0 aromatic heterocycles. The average Bonchev–Trinajstić information content (AvgIpc) is 2.61. The average molecular weight is 388 g/mol. The molecule has 6 nitrogen and oxygen atoms in total. The Kier molecular flexibility index (Phi) is 7.11. The summed E-state index contributed by atoms with van der Waals surface area (Å²) in [6.07, 6.45) is -1.02. The number of benzene rings is 2. The van der Waals surface area contributed by atoms with Gasteiger partial charge in [0, 0.05) is 13.2 Å². The van der Waals surface area contributed by atoms with Crippen molar-refractivity contribution in [1.82, 2.24) is 5.48 Å². The van der Waals surface area contributed by atoms with E-state index >= 15 is 0 Å². The van der Waals surface area contributed by atoms with Crippen molar-refractivity contribution in [1.29, 1.82) is 0 Å². The van der Waals surface area contributed by atoms with Gasteiger partial charge in [0.2, 0.25) is 0 Å². The highest BCUT2D eigenvalue weighted by molar-refractivity contribution is 5.99. The highest BCUT2D eigenvalue weighted by Crippen LogP contribution is 2.28. The molecule has 0 aliphatic heterocycles. The van der Waals surface area contributed by atoms with Gasteiger partial charge in [-0.25, -0.2) is 23.0 Å². The van der Waals surface area contributed by atoms with E-state index in [2.05, 4.69) is 10.1 Å². The number of hydroxylamine groups is 1. The number of ether oxygens (including phenoxy) is 1. The van der Waals surface area contributed by atoms with Crippen LogP contribution in [0, 0.1) is 23.3 Å². The van der Waals surface area contributed by atoms with Crippen LogP contribution in [0.3, 0.4) is 0 Å². The van der Waals surface area contributed by atoms with Crippen molar-refractivity contribution in [2.24, 2.45) is 0 Å². The molecule has 0 fully saturated rings. The normalized spacial score (nSPS) is 11.9. The molecule has 3 N–H and O–H groups in total. The quantitative estimate of drug-likeness (QED) is 0.479. The van der Waals surface area contributed by atoms with E-state index in [0.717, 1.165) is 18.2 Å². The summed E-state index contributed by atoms with van der Waals surface area (Å²) in [6, 6.07) is 4.07. The summed E-state index contributed by atoms with van der Waals surface area (Å²) < 4.78 is 59.2. The number of anilines is 2. The maximum atomic E-state index is 14.2. The van der Waals surface area contributed by atoms with E-state index in [0.29, 0.717) is 12.1 Å². The third kappa shape index (κ3) is 5.39. The first-order valence-electron chi connectivity index (χ1n) is 7.62. The minimum Gasteiger partial charge on any atom is -0.388 e. The molecule has 0 heterocycles. The van der Waals surface area contributed by atoms with Crippen LogP contribution in [0.15, 0.2) is 30.3 Å². The van der Waals surface area contributed by atoms with Crippen molar-refractivity contribution < 1.29 is 37.0 Å². The van der Waals surface area contributed by atoms with E-state index in [4.69, 9.17) is 4.84 Å². The summed E-state index contributed by atoms with van der Waals surface area (Å²) >= 11 is 0. The Hall–Kier alpha value is -2.69. The number of halogens is 4. The summed E-state index contributed by atoms with van der Waals surface area (Å²) in [5.74, 6) is -5.63. The maximum absolute atomic E-state index is 14.2. The van der Waals surface area contributed by atoms with Crippen molar-refractivity contribution in [2.75, 3.05) is 25.6 Å². The monoisotopic (exact) mass is 388 g/mol. The molecule has 146 valence electrons. The molecule has 0 spiro atoms. The minimum absolute atomic E-state index is 0.0440. The molecule has 0 saturated heterocycles. The molecule has 10 heteroatoms. The first-order valence-corrected chi connectivity index (χ1v) is 7.62. The predicted octanol–water partition coefficient (Wildman–Crippen LogP) is 2.66. The SMILES string of the molecule is COCC(O)CONC(=O)c1ccc(F)c(F)c1Nc1ccc(F)cc1F. The summed E-state index contributed by atoms with van der Waals surface area (Å²) in [4.78, 5) is 16.9. The Balaban J connectivity index is 2.21. The predicted molar refractivity (Wildman–Crippen MR) is 87.3 cm³/mol. The largest absolute Gasteiger partial charge is 0.388 e. The molecule has 0 aliphatic carbocycles. The van der Waals surface area contributed by atoms with Crippen molar-refractivity contribution in [3.63, 3.8) is 0 Å². The van der Waals surface area contributed by atoms with Crippen molar-refractivity contribution in [3.8, 4) is 0 Å². The molecule has 0 aliphatic rings. The third-order valence-corrected chi connectivity index (χ3v) is 3.33. The minimum atomic E-state index is -1.44. The van der Waals surface area contributed by atoms with Crippen LogP contribution in [-0.4, -0.2) is 37.4 Å². The number of nitrogens with one attached hydrogen (secondary N) is 2. The van der Waals surface area contributed by atoms with Crippen LogP contribution in [0.25, 0.3) is 0 Å². The van der Waals surface area contributed by atoms with Gasteiger partial charge in [-0.05, 0) is 24.3 Å². The van der Waals surface area contributed by atoms with Gasteiger partial charge in [-0.3, -0.25) is 9.63 Å². The number of rotatable bonds is 8. The zero-order valence-electron chi connectivity index (χ0n) is 14.1. The second-order valence-corrected chi connectivity index (χ2v) is 5.38. The van der Waals surface area contributed by atoms with Crippen molar-refractivity contribution >= 4 is 17.3 Å². The summed E-state index contributed by atoms with van der Waals surface area (Å²) in [7, 11) is 1.36. The second-order valence-electron chi connectivity index (χ2n) is 5.38. The zero-order chi connectivity index (χ0) is 20.0. The Morgan fingerprint density at radius 3 is 2.52 bits per heavy atom. The number of hydrogen-bond donors (Lipinski definition) is 3. The molecule has 2 rings (SSSR count). The molecule has 1 atom stereocenters. The first kappa shape index (κ1) is 20.6. The zero-order valence-corrected chi connectivity index (χ0v) is 14.1. The third-order valence-electron chi connectivity index (χ3n) is 3.33. The molecule has 1 amide bonds. The fourth-order valence-corrected chi connectivity index (χ4v) is 2.09. The van der Waals surface area contributed by atoms with Gasteiger partial charge in [-0.1, -0.05) is 0 Å². The van der Waals surface area contributed by atoms with Gasteiger partial charge in [0.1, 0.15) is 24.3 Å². The van der Waals surface area contributed by atoms with Crippen molar-refractivity contribution in [2.45, 2.75) is 6.10 Å². The number of carbonyl (C=O) groups excluding carboxylic acids is 1. The Labute approximate surface area is 151 Å². The van der Waals surface area contributed by atoms with Gasteiger partial charge in [0.15, 0.2) is 11.6 Å². The highest BCUT2D eigenvalue weighted by Gasteiger charge is 2.20. The van der Waals surface area contributed by atoms with Gasteiger partial charge in [0.25, 0.3) is 5.91 Å². The van der Waals surface area contributed by atoms with E-state index in [-0.39, 0.29) is 18.9 Å². The Morgan fingerprint density at radius 2 is 1.85 bits per heavy atom. The lowest BCUT2D eigenvalue weighted by molar-refractivity contribution is -0.0365. The summed E-state index contributed by atoms with van der Waals surface area (Å²) in [6.45, 7) is -0.365. The van der Waals surface area contributed by atoms with E-state index in [1.807, 2.05) is 5.48 Å². The molecule has 0 radical (unpaired) electrons. The molecular weight excluding hydrogens is 372 g/mol. The molecule has 2 aromatic rings. The molecule has 0 saturated carbocycles. The first-order chi connectivity index (χ1) is 12.8.